The van der Waals surface area contributed by atoms with E-state index in [2.05, 4.69) is 0 Å². The fourth-order valence-corrected chi connectivity index (χ4v) is 0.587. The van der Waals surface area contributed by atoms with Crippen LogP contribution in [0.15, 0.2) is 24.5 Å². The molecule has 2 heteroatoms. The molecule has 1 unspecified atom stereocenters. The predicted molar refractivity (Wildman–Crippen MR) is 36.3 cm³/mol. The Balaban J connectivity index is 2.65. The second kappa shape index (κ2) is 1.69. The molecule has 0 radical (unpaired) electrons. The van der Waals surface area contributed by atoms with Gasteiger partial charge in [0, 0.05) is 0 Å². The van der Waals surface area contributed by atoms with Crippen molar-refractivity contribution in [2.24, 2.45) is 0 Å². The molecular formula is C6H9BO. The average molecular weight is 108 g/mol. The number of hydrogen-bond acceptors (Lipinski definition) is 1. The van der Waals surface area contributed by atoms with Crippen molar-refractivity contribution in [3.8, 4) is 0 Å². The second-order valence-electron chi connectivity index (χ2n) is 2.41. The highest BCUT2D eigenvalue weighted by Crippen LogP contribution is 2.10. The summed E-state index contributed by atoms with van der Waals surface area (Å²) in [5, 5.41) is 0. The Morgan fingerprint density at radius 2 is 2.25 bits per heavy atom. The Bertz CT molecular complexity index is 135. The van der Waals surface area contributed by atoms with Crippen molar-refractivity contribution in [2.45, 2.75) is 12.4 Å². The van der Waals surface area contributed by atoms with E-state index >= 15 is 0 Å². The third-order valence-electron chi connectivity index (χ3n) is 1.06. The van der Waals surface area contributed by atoms with Gasteiger partial charge in [0.1, 0.15) is 0 Å². The predicted octanol–water partition coefficient (Wildman–Crippen LogP) is 0.436. The molecule has 1 heterocycles. The van der Waals surface area contributed by atoms with E-state index in [4.69, 9.17) is 4.74 Å². The van der Waals surface area contributed by atoms with Crippen molar-refractivity contribution in [2.75, 3.05) is 0 Å². The van der Waals surface area contributed by atoms with E-state index in [0.29, 0.717) is 0 Å². The number of ether oxygens (including phenoxy) is 1. The van der Waals surface area contributed by atoms with Gasteiger partial charge in [-0.05, 0) is 13.0 Å². The van der Waals surface area contributed by atoms with Crippen LogP contribution in [0.5, 0.6) is 0 Å². The van der Waals surface area contributed by atoms with Gasteiger partial charge in [-0.1, -0.05) is 12.2 Å². The molecule has 0 amide bonds. The molecule has 0 saturated heterocycles. The summed E-state index contributed by atoms with van der Waals surface area (Å²) in [6.07, 6.45) is 7.60. The van der Waals surface area contributed by atoms with Crippen LogP contribution in [0.1, 0.15) is 6.92 Å². The van der Waals surface area contributed by atoms with Crippen molar-refractivity contribution in [3.05, 3.63) is 24.5 Å². The van der Waals surface area contributed by atoms with Crippen LogP contribution in [0.25, 0.3) is 0 Å². The lowest BCUT2D eigenvalue weighted by molar-refractivity contribution is 0.161. The molecule has 0 aromatic heterocycles. The highest BCUT2D eigenvalue weighted by atomic mass is 16.5. The first-order valence-corrected chi connectivity index (χ1v) is 2.73. The second-order valence-corrected chi connectivity index (χ2v) is 2.41. The monoisotopic (exact) mass is 108 g/mol. The number of rotatable bonds is 0. The first-order chi connectivity index (χ1) is 3.71. The van der Waals surface area contributed by atoms with Crippen molar-refractivity contribution >= 4 is 7.85 Å². The highest BCUT2D eigenvalue weighted by molar-refractivity contribution is 6.15. The minimum Gasteiger partial charge on any atom is -0.501 e. The summed E-state index contributed by atoms with van der Waals surface area (Å²) < 4.78 is 5.20. The van der Waals surface area contributed by atoms with Crippen LogP contribution in [-0.2, 0) is 4.74 Å². The van der Waals surface area contributed by atoms with Crippen molar-refractivity contribution in [1.82, 2.24) is 0 Å². The van der Waals surface area contributed by atoms with Crippen LogP contribution in [0.3, 0.4) is 0 Å². The first-order valence-electron chi connectivity index (χ1n) is 2.73. The molecule has 0 N–H and O–H groups in total. The molecule has 42 valence electrons. The molecule has 1 rings (SSSR count). The third-order valence-corrected chi connectivity index (χ3v) is 1.06. The van der Waals surface area contributed by atoms with E-state index in [1.807, 2.05) is 33.0 Å². The van der Waals surface area contributed by atoms with Gasteiger partial charge in [-0.3, -0.25) is 0 Å². The van der Waals surface area contributed by atoms with Crippen LogP contribution < -0.4 is 0 Å². The summed E-state index contributed by atoms with van der Waals surface area (Å²) in [5.41, 5.74) is -0.0885. The van der Waals surface area contributed by atoms with Crippen molar-refractivity contribution in [3.63, 3.8) is 0 Å². The smallest absolute Gasteiger partial charge is 0.163 e. The van der Waals surface area contributed by atoms with Crippen LogP contribution >= 0.6 is 0 Å². The van der Waals surface area contributed by atoms with Gasteiger partial charge in [-0.2, -0.15) is 0 Å². The Hall–Kier alpha value is -0.655. The Kier molecular flexibility index (Phi) is 1.16. The van der Waals surface area contributed by atoms with Crippen molar-refractivity contribution in [1.29, 1.82) is 0 Å². The van der Waals surface area contributed by atoms with Crippen LogP contribution in [0.2, 0.25) is 0 Å². The Morgan fingerprint density at radius 1 is 1.50 bits per heavy atom. The van der Waals surface area contributed by atoms with Gasteiger partial charge in [0.2, 0.25) is 0 Å². The maximum atomic E-state index is 5.20. The Morgan fingerprint density at radius 3 is 2.50 bits per heavy atom. The fourth-order valence-electron chi connectivity index (χ4n) is 0.587. The van der Waals surface area contributed by atoms with E-state index in [1.54, 1.807) is 6.26 Å². The van der Waals surface area contributed by atoms with Gasteiger partial charge in [-0.25, -0.2) is 0 Å². The minimum absolute atomic E-state index is 0.0885. The van der Waals surface area contributed by atoms with E-state index in [0.717, 1.165) is 0 Å². The lowest BCUT2D eigenvalue weighted by atomic mass is 9.82. The maximum absolute atomic E-state index is 5.20. The standard InChI is InChI=1S/C6H9BO/c1-6(7)4-2-3-5-8-6/h2-5H,7H2,1H3. The topological polar surface area (TPSA) is 9.23 Å². The number of hydrogen-bond donors (Lipinski definition) is 0. The maximum Gasteiger partial charge on any atom is 0.163 e. The van der Waals surface area contributed by atoms with E-state index in [9.17, 15) is 0 Å². The highest BCUT2D eigenvalue weighted by Gasteiger charge is 2.13. The zero-order valence-corrected chi connectivity index (χ0v) is 5.22. The normalized spacial score (nSPS) is 34.6. The molecule has 1 nitrogen and oxygen atoms in total. The van der Waals surface area contributed by atoms with Crippen molar-refractivity contribution < 1.29 is 4.74 Å². The number of allylic oxidation sites excluding steroid dienone is 2. The zero-order valence-electron chi connectivity index (χ0n) is 5.22. The largest absolute Gasteiger partial charge is 0.501 e. The summed E-state index contributed by atoms with van der Waals surface area (Å²) in [6.45, 7) is 2.02. The molecule has 0 bridgehead atoms. The first kappa shape index (κ1) is 5.48. The molecule has 1 aliphatic heterocycles. The summed E-state index contributed by atoms with van der Waals surface area (Å²) in [6, 6.07) is 0. The zero-order chi connectivity index (χ0) is 6.04. The molecule has 0 aromatic rings. The van der Waals surface area contributed by atoms with Crippen LogP contribution in [0.4, 0.5) is 0 Å². The molecule has 0 saturated carbocycles. The van der Waals surface area contributed by atoms with Crippen LogP contribution in [0, 0.1) is 0 Å². The quantitative estimate of drug-likeness (QED) is 0.409. The average Bonchev–Trinajstić information content (AvgIpc) is 1.65. The van der Waals surface area contributed by atoms with E-state index in [-0.39, 0.29) is 5.50 Å². The van der Waals surface area contributed by atoms with Gasteiger partial charge in [0.05, 0.1) is 11.8 Å². The summed E-state index contributed by atoms with van der Waals surface area (Å²) in [5.74, 6) is 0. The van der Waals surface area contributed by atoms with Gasteiger partial charge < -0.3 is 4.74 Å². The SMILES string of the molecule is BC1(C)C=CC=CO1. The van der Waals surface area contributed by atoms with Gasteiger partial charge in [-0.15, -0.1) is 0 Å². The molecule has 0 aliphatic carbocycles. The summed E-state index contributed by atoms with van der Waals surface area (Å²) in [4.78, 5) is 0. The third kappa shape index (κ3) is 1.16. The summed E-state index contributed by atoms with van der Waals surface area (Å²) in [7, 11) is 2.02. The fraction of sp³-hybridized carbons (Fsp3) is 0.333. The van der Waals surface area contributed by atoms with E-state index in [1.165, 1.54) is 0 Å². The lowest BCUT2D eigenvalue weighted by Gasteiger charge is -2.21. The molecule has 1 aliphatic rings. The van der Waals surface area contributed by atoms with Gasteiger partial charge >= 0.3 is 0 Å². The summed E-state index contributed by atoms with van der Waals surface area (Å²) >= 11 is 0. The van der Waals surface area contributed by atoms with Crippen LogP contribution in [-0.4, -0.2) is 13.3 Å². The molecule has 1 atom stereocenters. The lowest BCUT2D eigenvalue weighted by Crippen LogP contribution is -2.24. The van der Waals surface area contributed by atoms with E-state index < -0.39 is 0 Å². The molecule has 0 aromatic carbocycles. The molecular weight excluding hydrogens is 98.9 g/mol. The Labute approximate surface area is 50.4 Å². The van der Waals surface area contributed by atoms with Gasteiger partial charge in [0.15, 0.2) is 7.85 Å². The minimum atomic E-state index is -0.0885. The molecule has 8 heavy (non-hydrogen) atoms. The van der Waals surface area contributed by atoms with Gasteiger partial charge in [0.25, 0.3) is 0 Å². The molecule has 0 spiro atoms. The molecule has 0 fully saturated rings.